The fourth-order valence-electron chi connectivity index (χ4n) is 18.2. The molecule has 2 saturated carbocycles. The Morgan fingerprint density at radius 1 is 0.368 bits per heavy atom. The number of benzene rings is 10. The van der Waals surface area contributed by atoms with Crippen LogP contribution in [0.1, 0.15) is 111 Å². The minimum absolute atomic E-state index is 0.151. The molecule has 10 aromatic rings. The number of rotatable bonds is 10. The fraction of sp³-hybridized carbons (Fsp3) is 0.253. The highest BCUT2D eigenvalue weighted by Crippen LogP contribution is 2.57. The van der Waals surface area contributed by atoms with E-state index in [4.69, 9.17) is 0 Å². The number of hydrogen-bond acceptors (Lipinski definition) is 2. The largest absolute Gasteiger partial charge is 0.347 e. The molecule has 87 heavy (non-hydrogen) atoms. The van der Waals surface area contributed by atoms with Crippen LogP contribution in [-0.4, -0.2) is 41.3 Å². The van der Waals surface area contributed by atoms with Gasteiger partial charge in [0.05, 0.1) is 10.8 Å². The van der Waals surface area contributed by atoms with Crippen LogP contribution in [-0.2, 0) is 34.5 Å². The van der Waals surface area contributed by atoms with Gasteiger partial charge in [0.2, 0.25) is 11.4 Å². The molecule has 2 spiro atoms. The molecule has 0 N–H and O–H groups in total. The van der Waals surface area contributed by atoms with Crippen molar-refractivity contribution in [1.29, 1.82) is 0 Å². The molecule has 0 saturated heterocycles. The molecule has 2 atom stereocenters. The summed E-state index contributed by atoms with van der Waals surface area (Å²) in [5, 5.41) is 10.7. The summed E-state index contributed by atoms with van der Waals surface area (Å²) in [7, 11) is 4.60. The maximum absolute atomic E-state index is 2.81. The molecule has 2 aliphatic carbocycles. The molecule has 0 bridgehead atoms. The lowest BCUT2D eigenvalue weighted by molar-refractivity contribution is -0.650. The zero-order valence-corrected chi connectivity index (χ0v) is 51.1. The van der Waals surface area contributed by atoms with Crippen LogP contribution in [0.25, 0.3) is 43.1 Å². The molecule has 2 fully saturated rings. The molecular formula is C83H78N4+2. The van der Waals surface area contributed by atoms with Crippen LogP contribution in [0.5, 0.6) is 0 Å². The summed E-state index contributed by atoms with van der Waals surface area (Å²) in [5.74, 6) is 0. The van der Waals surface area contributed by atoms with Crippen LogP contribution >= 0.6 is 0 Å². The van der Waals surface area contributed by atoms with E-state index in [0.29, 0.717) is 6.67 Å². The summed E-state index contributed by atoms with van der Waals surface area (Å²) in [6.07, 6.45) is 28.8. The van der Waals surface area contributed by atoms with Gasteiger partial charge in [-0.15, -0.1) is 9.15 Å². The average Bonchev–Trinajstić information content (AvgIpc) is 1.78. The SMILES string of the molecule is CN1/C(=C/C=C/C2=[N+](C[N+]3=C(/C=C/C=C4/N(C)c5ccc6ccccc6c5C4(C)Cc4ccccc4)C4(CCCCC4)c4c3ccc3ccccc43)c3ccc4ccccc4c3C23CCCCC3)C(C)(Cc2ccccc2)c2c1ccc1ccccc21. The van der Waals surface area contributed by atoms with Gasteiger partial charge in [-0.3, -0.25) is 0 Å². The number of hydrogen-bond donors (Lipinski definition) is 0. The second-order valence-electron chi connectivity index (χ2n) is 26.7. The summed E-state index contributed by atoms with van der Waals surface area (Å²) < 4.78 is 5.62. The van der Waals surface area contributed by atoms with Crippen LogP contribution in [0.2, 0.25) is 0 Å². The molecule has 428 valence electrons. The molecule has 4 nitrogen and oxygen atoms in total. The molecule has 0 radical (unpaired) electrons. The summed E-state index contributed by atoms with van der Waals surface area (Å²) in [5.41, 5.74) is 18.6. The first kappa shape index (κ1) is 53.6. The highest BCUT2D eigenvalue weighted by molar-refractivity contribution is 6.10. The van der Waals surface area contributed by atoms with Crippen molar-refractivity contribution < 1.29 is 9.15 Å². The zero-order chi connectivity index (χ0) is 58.5. The first-order valence-corrected chi connectivity index (χ1v) is 32.4. The van der Waals surface area contributed by atoms with E-state index in [-0.39, 0.29) is 21.7 Å². The molecule has 0 aromatic heterocycles. The average molecular weight is 1130 g/mol. The Balaban J connectivity index is 0.909. The molecule has 4 aliphatic heterocycles. The minimum Gasteiger partial charge on any atom is -0.347 e. The predicted octanol–water partition coefficient (Wildman–Crippen LogP) is 19.7. The van der Waals surface area contributed by atoms with Crippen molar-refractivity contribution in [2.45, 2.75) is 113 Å². The van der Waals surface area contributed by atoms with E-state index in [9.17, 15) is 0 Å². The van der Waals surface area contributed by atoms with Crippen LogP contribution in [0.15, 0.2) is 254 Å². The van der Waals surface area contributed by atoms with Gasteiger partial charge in [-0.2, -0.15) is 0 Å². The van der Waals surface area contributed by atoms with Crippen molar-refractivity contribution in [1.82, 2.24) is 0 Å². The zero-order valence-electron chi connectivity index (χ0n) is 51.1. The Hall–Kier alpha value is -8.86. The topological polar surface area (TPSA) is 12.5 Å². The summed E-state index contributed by atoms with van der Waals surface area (Å²) in [6.45, 7) is 5.71. The van der Waals surface area contributed by atoms with Gasteiger partial charge < -0.3 is 9.80 Å². The standard InChI is InChI=1S/C83H78N4/c1-80(55-58-27-9-5-10-28-58)72(84(3)68-47-43-60-31-13-17-35-64(60)76(68)80)39-25-41-74-82(51-21-7-22-52-82)78-66-37-19-15-33-62(66)45-49-70(78)86(74)57-87-71-50-46-63-34-16-20-38-67(63)79(71)83(53-23-8-24-54-83)75(87)42-26-40-73-81(2,56-59-29-11-6-12-30-59)77-65-36-18-14-32-61(65)44-48-69(77)85(73)4/h5-6,9-20,25-50H,7-8,21-24,51-57H2,1-4H3/q+2. The Bertz CT molecular complexity index is 4320. The van der Waals surface area contributed by atoms with Gasteiger partial charge in [0.15, 0.2) is 11.4 Å². The number of allylic oxidation sites excluding steroid dienone is 8. The van der Waals surface area contributed by atoms with Crippen molar-refractivity contribution in [2.75, 3.05) is 30.6 Å². The van der Waals surface area contributed by atoms with Gasteiger partial charge in [-0.05, 0) is 154 Å². The number of nitrogens with zero attached hydrogens (tertiary/aromatic N) is 4. The Kier molecular flexibility index (Phi) is 12.9. The Morgan fingerprint density at radius 2 is 0.701 bits per heavy atom. The van der Waals surface area contributed by atoms with Gasteiger partial charge in [-0.1, -0.05) is 221 Å². The first-order chi connectivity index (χ1) is 42.7. The number of fused-ring (bicyclic) bond motifs is 14. The third-order valence-electron chi connectivity index (χ3n) is 21.9. The van der Waals surface area contributed by atoms with E-state index in [1.165, 1.54) is 161 Å². The smallest absolute Gasteiger partial charge is 0.345 e. The monoisotopic (exact) mass is 1130 g/mol. The second-order valence-corrected chi connectivity index (χ2v) is 26.7. The fourth-order valence-corrected chi connectivity index (χ4v) is 18.2. The maximum Gasteiger partial charge on any atom is 0.345 e. The lowest BCUT2D eigenvalue weighted by Crippen LogP contribution is -2.39. The van der Waals surface area contributed by atoms with Crippen molar-refractivity contribution in [3.8, 4) is 0 Å². The molecule has 16 rings (SSSR count). The van der Waals surface area contributed by atoms with E-state index >= 15 is 0 Å². The van der Waals surface area contributed by atoms with E-state index < -0.39 is 0 Å². The van der Waals surface area contributed by atoms with Crippen molar-refractivity contribution in [3.05, 3.63) is 287 Å². The predicted molar refractivity (Wildman–Crippen MR) is 366 cm³/mol. The van der Waals surface area contributed by atoms with E-state index in [1.807, 2.05) is 0 Å². The highest BCUT2D eigenvalue weighted by atomic mass is 15.2. The van der Waals surface area contributed by atoms with Crippen LogP contribution in [0.4, 0.5) is 22.7 Å². The summed E-state index contributed by atoms with van der Waals surface area (Å²) >= 11 is 0. The Labute approximate surface area is 514 Å². The van der Waals surface area contributed by atoms with Gasteiger partial charge in [0, 0.05) is 83.1 Å². The summed E-state index contributed by atoms with van der Waals surface area (Å²) in [4.78, 5) is 4.99. The molecule has 6 aliphatic rings. The second kappa shape index (κ2) is 20.9. The van der Waals surface area contributed by atoms with E-state index in [2.05, 4.69) is 290 Å². The van der Waals surface area contributed by atoms with Gasteiger partial charge in [0.1, 0.15) is 0 Å². The van der Waals surface area contributed by atoms with Crippen molar-refractivity contribution >= 4 is 77.3 Å². The first-order valence-electron chi connectivity index (χ1n) is 32.4. The van der Waals surface area contributed by atoms with Crippen LogP contribution in [0.3, 0.4) is 0 Å². The van der Waals surface area contributed by atoms with Crippen molar-refractivity contribution in [2.24, 2.45) is 0 Å². The van der Waals surface area contributed by atoms with Gasteiger partial charge in [-0.25, -0.2) is 0 Å². The molecule has 4 heterocycles. The quantitative estimate of drug-likeness (QED) is 0.127. The lowest BCUT2D eigenvalue weighted by atomic mass is 9.66. The molecule has 10 aromatic carbocycles. The highest BCUT2D eigenvalue weighted by Gasteiger charge is 2.57. The third-order valence-corrected chi connectivity index (χ3v) is 21.9. The number of anilines is 2. The van der Waals surface area contributed by atoms with Crippen molar-refractivity contribution in [3.63, 3.8) is 0 Å². The minimum atomic E-state index is -0.275. The maximum atomic E-state index is 2.81. The van der Waals surface area contributed by atoms with Gasteiger partial charge >= 0.3 is 6.67 Å². The molecular weight excluding hydrogens is 1050 g/mol. The normalized spacial score (nSPS) is 22.0. The van der Waals surface area contributed by atoms with E-state index in [0.717, 1.165) is 38.5 Å². The molecule has 0 amide bonds. The number of likely N-dealkylation sites (N-methyl/N-ethyl adjacent to an activating group) is 2. The Morgan fingerprint density at radius 3 is 1.08 bits per heavy atom. The molecule has 4 heteroatoms. The van der Waals surface area contributed by atoms with Gasteiger partial charge in [0.25, 0.3) is 0 Å². The third kappa shape index (κ3) is 8.30. The summed E-state index contributed by atoms with van der Waals surface area (Å²) in [6, 6.07) is 78.1. The lowest BCUT2D eigenvalue weighted by Gasteiger charge is -2.32. The van der Waals surface area contributed by atoms with Crippen LogP contribution in [0, 0.1) is 0 Å². The van der Waals surface area contributed by atoms with E-state index in [1.54, 1.807) is 0 Å². The van der Waals surface area contributed by atoms with Crippen LogP contribution < -0.4 is 9.80 Å². The molecule has 2 unspecified atom stereocenters.